The monoisotopic (exact) mass is 427 g/mol. The summed E-state index contributed by atoms with van der Waals surface area (Å²) in [4.78, 5) is 4.57. The van der Waals surface area contributed by atoms with E-state index in [1.807, 2.05) is 18.2 Å². The number of hydrogen-bond donors (Lipinski definition) is 0. The lowest BCUT2D eigenvalue weighted by molar-refractivity contribution is 0.628. The van der Waals surface area contributed by atoms with Crippen LogP contribution in [-0.4, -0.2) is 4.98 Å². The molecule has 0 unspecified atom stereocenters. The van der Waals surface area contributed by atoms with Crippen molar-refractivity contribution in [3.8, 4) is 11.3 Å². The van der Waals surface area contributed by atoms with Crippen molar-refractivity contribution < 1.29 is 4.39 Å². The molecule has 0 atom stereocenters. The van der Waals surface area contributed by atoms with Gasteiger partial charge in [-0.15, -0.1) is 11.3 Å². The molecule has 2 aromatic carbocycles. The molecule has 1 aromatic heterocycles. The first-order valence-corrected chi connectivity index (χ1v) is 8.95. The van der Waals surface area contributed by atoms with E-state index in [0.29, 0.717) is 10.0 Å². The summed E-state index contributed by atoms with van der Waals surface area (Å²) < 4.78 is 13.9. The summed E-state index contributed by atoms with van der Waals surface area (Å²) in [6, 6.07) is 11.6. The third-order valence-electron chi connectivity index (χ3n) is 3.09. The van der Waals surface area contributed by atoms with Gasteiger partial charge in [0.25, 0.3) is 0 Å². The molecule has 1 nitrogen and oxygen atoms in total. The van der Waals surface area contributed by atoms with E-state index in [-0.39, 0.29) is 5.82 Å². The Morgan fingerprint density at radius 1 is 1.04 bits per heavy atom. The fourth-order valence-electron chi connectivity index (χ4n) is 1.97. The topological polar surface area (TPSA) is 12.9 Å². The van der Waals surface area contributed by atoms with E-state index < -0.39 is 0 Å². The maximum atomic E-state index is 13.0. The maximum absolute atomic E-state index is 13.0. The highest BCUT2D eigenvalue weighted by Crippen LogP contribution is 2.34. The molecule has 3 rings (SSSR count). The highest BCUT2D eigenvalue weighted by molar-refractivity contribution is 9.11. The van der Waals surface area contributed by atoms with E-state index in [1.165, 1.54) is 23.5 Å². The summed E-state index contributed by atoms with van der Waals surface area (Å²) in [6.45, 7) is 0. The number of rotatable bonds is 3. The third-order valence-corrected chi connectivity index (χ3v) is 5.32. The van der Waals surface area contributed by atoms with Gasteiger partial charge < -0.3 is 0 Å². The molecular weight excluding hydrogens is 420 g/mol. The summed E-state index contributed by atoms with van der Waals surface area (Å²) in [6.07, 6.45) is 3.77. The second kappa shape index (κ2) is 7.14. The van der Waals surface area contributed by atoms with Crippen LogP contribution in [0.5, 0.6) is 0 Å². The molecule has 0 aliphatic rings. The molecule has 1 heterocycles. The summed E-state index contributed by atoms with van der Waals surface area (Å²) in [7, 11) is 0. The molecule has 23 heavy (non-hydrogen) atoms. The second-order valence-corrected chi connectivity index (χ2v) is 7.87. The van der Waals surface area contributed by atoms with Gasteiger partial charge in [0, 0.05) is 15.6 Å². The molecule has 3 aromatic rings. The fraction of sp³-hybridized carbons (Fsp3) is 0. The van der Waals surface area contributed by atoms with Gasteiger partial charge >= 0.3 is 0 Å². The lowest BCUT2D eigenvalue weighted by Crippen LogP contribution is -1.80. The molecule has 116 valence electrons. The van der Waals surface area contributed by atoms with Gasteiger partial charge in [-0.2, -0.15) is 0 Å². The minimum Gasteiger partial charge on any atom is -0.235 e. The van der Waals surface area contributed by atoms with Gasteiger partial charge in [-0.25, -0.2) is 9.37 Å². The van der Waals surface area contributed by atoms with Crippen molar-refractivity contribution in [2.45, 2.75) is 0 Å². The first-order valence-electron chi connectivity index (χ1n) is 6.58. The number of halogens is 4. The van der Waals surface area contributed by atoms with Crippen LogP contribution < -0.4 is 0 Å². The van der Waals surface area contributed by atoms with Crippen LogP contribution in [0.15, 0.2) is 46.3 Å². The number of aromatic nitrogens is 1. The van der Waals surface area contributed by atoms with Gasteiger partial charge in [-0.05, 0) is 64.0 Å². The quantitative estimate of drug-likeness (QED) is 0.430. The summed E-state index contributed by atoms with van der Waals surface area (Å²) in [5, 5.41) is 2.01. The van der Waals surface area contributed by atoms with Crippen molar-refractivity contribution >= 4 is 62.6 Å². The van der Waals surface area contributed by atoms with Crippen LogP contribution in [-0.2, 0) is 0 Å². The zero-order valence-corrected chi connectivity index (χ0v) is 15.5. The zero-order chi connectivity index (χ0) is 16.4. The normalized spacial score (nSPS) is 11.3. The van der Waals surface area contributed by atoms with Gasteiger partial charge in [0.15, 0.2) is 0 Å². The maximum Gasteiger partial charge on any atom is 0.123 e. The van der Waals surface area contributed by atoms with E-state index in [1.54, 1.807) is 24.3 Å². The first-order chi connectivity index (χ1) is 11.0. The standard InChI is InChI=1S/C17H9BrCl2FNS/c18-17-16(11-2-6-13(21)7-3-11)22-15(23-17)8-4-10-1-5-12(19)9-14(10)20/h1-9H. The lowest BCUT2D eigenvalue weighted by Gasteiger charge is -1.98. The molecule has 0 fully saturated rings. The Kier molecular flexibility index (Phi) is 5.17. The molecule has 0 radical (unpaired) electrons. The molecular formula is C17H9BrCl2FNS. The highest BCUT2D eigenvalue weighted by Gasteiger charge is 2.10. The second-order valence-electron chi connectivity index (χ2n) is 4.68. The smallest absolute Gasteiger partial charge is 0.123 e. The van der Waals surface area contributed by atoms with Gasteiger partial charge in [-0.1, -0.05) is 35.3 Å². The van der Waals surface area contributed by atoms with Crippen molar-refractivity contribution in [3.05, 3.63) is 72.7 Å². The predicted octanol–water partition coefficient (Wildman–Crippen LogP) is 7.19. The van der Waals surface area contributed by atoms with E-state index in [0.717, 1.165) is 25.6 Å². The molecule has 6 heteroatoms. The SMILES string of the molecule is Fc1ccc(-c2nc(C=Cc3ccc(Cl)cc3Cl)sc2Br)cc1. The largest absolute Gasteiger partial charge is 0.235 e. The molecule has 0 N–H and O–H groups in total. The van der Waals surface area contributed by atoms with Crippen molar-refractivity contribution in [3.63, 3.8) is 0 Å². The molecule has 0 aliphatic heterocycles. The minimum atomic E-state index is -0.266. The number of nitrogens with zero attached hydrogens (tertiary/aromatic N) is 1. The van der Waals surface area contributed by atoms with Gasteiger partial charge in [0.2, 0.25) is 0 Å². The predicted molar refractivity (Wildman–Crippen MR) is 101 cm³/mol. The van der Waals surface area contributed by atoms with E-state index in [4.69, 9.17) is 23.2 Å². The van der Waals surface area contributed by atoms with Gasteiger partial charge in [-0.3, -0.25) is 0 Å². The number of hydrogen-bond acceptors (Lipinski definition) is 2. The van der Waals surface area contributed by atoms with Crippen LogP contribution in [0.2, 0.25) is 10.0 Å². The fourth-order valence-corrected chi connectivity index (χ4v) is 3.98. The third kappa shape index (κ3) is 4.01. The Morgan fingerprint density at radius 2 is 1.78 bits per heavy atom. The molecule has 0 aliphatic carbocycles. The summed E-state index contributed by atoms with van der Waals surface area (Å²) in [5.74, 6) is -0.266. The zero-order valence-electron chi connectivity index (χ0n) is 11.6. The molecule has 0 amide bonds. The van der Waals surface area contributed by atoms with Crippen LogP contribution in [0.1, 0.15) is 10.6 Å². The molecule has 0 bridgehead atoms. The summed E-state index contributed by atoms with van der Waals surface area (Å²) >= 11 is 17.0. The molecule has 0 spiro atoms. The number of benzene rings is 2. The Hall–Kier alpha value is -1.20. The first kappa shape index (κ1) is 16.7. The highest BCUT2D eigenvalue weighted by atomic mass is 79.9. The van der Waals surface area contributed by atoms with Crippen molar-refractivity contribution in [1.82, 2.24) is 4.98 Å². The molecule has 0 saturated carbocycles. The Labute approximate surface area is 155 Å². The van der Waals surface area contributed by atoms with E-state index >= 15 is 0 Å². The minimum absolute atomic E-state index is 0.266. The van der Waals surface area contributed by atoms with E-state index in [9.17, 15) is 4.39 Å². The van der Waals surface area contributed by atoms with Gasteiger partial charge in [0.05, 0.1) is 9.48 Å². The Balaban J connectivity index is 1.88. The van der Waals surface area contributed by atoms with Crippen LogP contribution in [0, 0.1) is 5.82 Å². The van der Waals surface area contributed by atoms with Crippen molar-refractivity contribution in [2.24, 2.45) is 0 Å². The average Bonchev–Trinajstić information content (AvgIpc) is 2.88. The lowest BCUT2D eigenvalue weighted by atomic mass is 10.2. The van der Waals surface area contributed by atoms with E-state index in [2.05, 4.69) is 20.9 Å². The van der Waals surface area contributed by atoms with Crippen molar-refractivity contribution in [2.75, 3.05) is 0 Å². The molecule has 0 saturated heterocycles. The average molecular weight is 429 g/mol. The van der Waals surface area contributed by atoms with Crippen molar-refractivity contribution in [1.29, 1.82) is 0 Å². The Bertz CT molecular complexity index is 875. The van der Waals surface area contributed by atoms with Crippen LogP contribution in [0.4, 0.5) is 4.39 Å². The van der Waals surface area contributed by atoms with Crippen LogP contribution in [0.25, 0.3) is 23.4 Å². The van der Waals surface area contributed by atoms with Crippen LogP contribution in [0.3, 0.4) is 0 Å². The Morgan fingerprint density at radius 3 is 2.48 bits per heavy atom. The van der Waals surface area contributed by atoms with Gasteiger partial charge in [0.1, 0.15) is 10.8 Å². The van der Waals surface area contributed by atoms with Crippen LogP contribution >= 0.6 is 50.5 Å². The number of thiazole rings is 1. The summed E-state index contributed by atoms with van der Waals surface area (Å²) in [5.41, 5.74) is 2.52.